The van der Waals surface area contributed by atoms with Crippen LogP contribution in [-0.2, 0) is 0 Å². The number of hydrogen-bond acceptors (Lipinski definition) is 4. The number of fused-ring (bicyclic) bond motifs is 1. The molecule has 0 amide bonds. The van der Waals surface area contributed by atoms with E-state index in [2.05, 4.69) is 51.0 Å². The highest BCUT2D eigenvalue weighted by atomic mass is 35.5. The molecule has 1 N–H and O–H groups in total. The number of aromatic amines is 1. The smallest absolute Gasteiger partial charge is 0.132 e. The highest BCUT2D eigenvalue weighted by molar-refractivity contribution is 6.30. The fourth-order valence-electron chi connectivity index (χ4n) is 4.25. The Balaban J connectivity index is 1.53. The second-order valence-corrected chi connectivity index (χ2v) is 8.64. The van der Waals surface area contributed by atoms with Crippen molar-refractivity contribution in [3.63, 3.8) is 0 Å². The van der Waals surface area contributed by atoms with Gasteiger partial charge in [0.15, 0.2) is 0 Å². The van der Waals surface area contributed by atoms with Crippen molar-refractivity contribution in [3.05, 3.63) is 65.8 Å². The molecule has 0 saturated carbocycles. The van der Waals surface area contributed by atoms with Gasteiger partial charge in [-0.05, 0) is 56.9 Å². The number of benzene rings is 2. The quantitative estimate of drug-likeness (QED) is 0.477. The number of aromatic nitrogens is 3. The summed E-state index contributed by atoms with van der Waals surface area (Å²) in [6.07, 6.45) is 4.67. The van der Waals surface area contributed by atoms with Crippen LogP contribution in [0.3, 0.4) is 0 Å². The molecule has 3 heterocycles. The summed E-state index contributed by atoms with van der Waals surface area (Å²) in [6.45, 7) is 2.02. The second-order valence-electron chi connectivity index (χ2n) is 8.20. The van der Waals surface area contributed by atoms with E-state index in [4.69, 9.17) is 11.6 Å². The SMILES string of the molecule is CN(C)C1CCN(c2cnc3ccc(-c4nc[nH]c4-c4cc(Cl)ccc4F)cc3c2)C1. The lowest BCUT2D eigenvalue weighted by atomic mass is 10.0. The Morgan fingerprint density at radius 3 is 2.81 bits per heavy atom. The monoisotopic (exact) mass is 435 g/mol. The Morgan fingerprint density at radius 2 is 2.00 bits per heavy atom. The molecular formula is C24H23ClFN5. The summed E-state index contributed by atoms with van der Waals surface area (Å²) >= 11 is 6.10. The van der Waals surface area contributed by atoms with Crippen LogP contribution in [0.5, 0.6) is 0 Å². The fourth-order valence-corrected chi connectivity index (χ4v) is 4.42. The number of likely N-dealkylation sites (N-methyl/N-ethyl adjacent to an activating group) is 1. The Morgan fingerprint density at radius 1 is 1.13 bits per heavy atom. The lowest BCUT2D eigenvalue weighted by Gasteiger charge is -2.21. The van der Waals surface area contributed by atoms with E-state index in [-0.39, 0.29) is 5.82 Å². The van der Waals surface area contributed by atoms with E-state index in [1.807, 2.05) is 18.3 Å². The molecule has 1 aliphatic rings. The van der Waals surface area contributed by atoms with Gasteiger partial charge in [-0.1, -0.05) is 17.7 Å². The van der Waals surface area contributed by atoms with Gasteiger partial charge in [0.1, 0.15) is 5.82 Å². The van der Waals surface area contributed by atoms with Crippen molar-refractivity contribution < 1.29 is 4.39 Å². The first-order valence-electron chi connectivity index (χ1n) is 10.3. The molecule has 1 atom stereocenters. The fraction of sp³-hybridized carbons (Fsp3) is 0.250. The van der Waals surface area contributed by atoms with Crippen LogP contribution in [0.2, 0.25) is 5.02 Å². The van der Waals surface area contributed by atoms with Crippen LogP contribution >= 0.6 is 11.6 Å². The van der Waals surface area contributed by atoms with Crippen LogP contribution in [0, 0.1) is 5.82 Å². The summed E-state index contributed by atoms with van der Waals surface area (Å²) in [4.78, 5) is 16.9. The summed E-state index contributed by atoms with van der Waals surface area (Å²) in [5.41, 5.74) is 4.63. The zero-order valence-corrected chi connectivity index (χ0v) is 18.2. The zero-order chi connectivity index (χ0) is 21.5. The van der Waals surface area contributed by atoms with E-state index < -0.39 is 0 Å². The van der Waals surface area contributed by atoms with Gasteiger partial charge in [0.2, 0.25) is 0 Å². The summed E-state index contributed by atoms with van der Waals surface area (Å²) in [6, 6.07) is 13.3. The second kappa shape index (κ2) is 7.94. The molecule has 158 valence electrons. The summed E-state index contributed by atoms with van der Waals surface area (Å²) in [7, 11) is 4.26. The predicted octanol–water partition coefficient (Wildman–Crippen LogP) is 5.22. The molecule has 1 aliphatic heterocycles. The van der Waals surface area contributed by atoms with Crippen molar-refractivity contribution in [2.24, 2.45) is 0 Å². The number of anilines is 1. The molecular weight excluding hydrogens is 413 g/mol. The van der Waals surface area contributed by atoms with Crippen LogP contribution in [0.15, 0.2) is 55.0 Å². The summed E-state index contributed by atoms with van der Waals surface area (Å²) < 4.78 is 14.5. The Labute approximate surface area is 185 Å². The maximum atomic E-state index is 14.5. The lowest BCUT2D eigenvalue weighted by Crippen LogP contribution is -2.31. The molecule has 0 radical (unpaired) electrons. The first kappa shape index (κ1) is 20.0. The van der Waals surface area contributed by atoms with Crippen molar-refractivity contribution in [1.29, 1.82) is 0 Å². The van der Waals surface area contributed by atoms with Crippen molar-refractivity contribution in [2.75, 3.05) is 32.1 Å². The van der Waals surface area contributed by atoms with E-state index >= 15 is 0 Å². The number of nitrogens with zero attached hydrogens (tertiary/aromatic N) is 4. The van der Waals surface area contributed by atoms with Gasteiger partial charge in [-0.15, -0.1) is 0 Å². The standard InChI is InChI=1S/C24H23ClFN5/c1-30(2)18-7-8-31(13-18)19-10-16-9-15(3-6-22(16)27-12-19)23-24(29-14-28-23)20-11-17(25)4-5-21(20)26/h3-6,9-12,14,18H,7-8,13H2,1-2H3,(H,28,29). The van der Waals surface area contributed by atoms with Gasteiger partial charge in [-0.25, -0.2) is 9.37 Å². The maximum Gasteiger partial charge on any atom is 0.132 e. The average molecular weight is 436 g/mol. The largest absolute Gasteiger partial charge is 0.369 e. The molecule has 1 fully saturated rings. The third kappa shape index (κ3) is 3.77. The third-order valence-corrected chi connectivity index (χ3v) is 6.27. The molecule has 0 spiro atoms. The Hall–Kier alpha value is -2.96. The molecule has 0 aliphatic carbocycles. The van der Waals surface area contributed by atoms with Crippen molar-refractivity contribution >= 4 is 28.2 Å². The highest BCUT2D eigenvalue weighted by Gasteiger charge is 2.24. The highest BCUT2D eigenvalue weighted by Crippen LogP contribution is 2.34. The van der Waals surface area contributed by atoms with Gasteiger partial charge in [0.05, 0.1) is 35.1 Å². The van der Waals surface area contributed by atoms with E-state index in [1.54, 1.807) is 18.5 Å². The molecule has 1 unspecified atom stereocenters. The van der Waals surface area contributed by atoms with E-state index in [0.29, 0.717) is 28.0 Å². The number of halogens is 2. The first-order chi connectivity index (χ1) is 15.0. The van der Waals surface area contributed by atoms with Crippen molar-refractivity contribution in [2.45, 2.75) is 12.5 Å². The first-order valence-corrected chi connectivity index (χ1v) is 10.7. The van der Waals surface area contributed by atoms with E-state index in [9.17, 15) is 4.39 Å². The van der Waals surface area contributed by atoms with Crippen LogP contribution in [0.1, 0.15) is 6.42 Å². The van der Waals surface area contributed by atoms with Gasteiger partial charge in [0.25, 0.3) is 0 Å². The van der Waals surface area contributed by atoms with Crippen LogP contribution < -0.4 is 4.90 Å². The minimum absolute atomic E-state index is 0.343. The Kier molecular flexibility index (Phi) is 5.12. The summed E-state index contributed by atoms with van der Waals surface area (Å²) in [5, 5.41) is 1.51. The zero-order valence-electron chi connectivity index (χ0n) is 17.4. The van der Waals surface area contributed by atoms with Gasteiger partial charge in [-0.3, -0.25) is 4.98 Å². The van der Waals surface area contributed by atoms with Gasteiger partial charge in [0, 0.05) is 40.7 Å². The van der Waals surface area contributed by atoms with E-state index in [1.165, 1.54) is 6.07 Å². The minimum Gasteiger partial charge on any atom is -0.369 e. The lowest BCUT2D eigenvalue weighted by molar-refractivity contribution is 0.315. The molecule has 0 bridgehead atoms. The van der Waals surface area contributed by atoms with Gasteiger partial charge in [-0.2, -0.15) is 0 Å². The number of nitrogens with one attached hydrogen (secondary N) is 1. The Bertz CT molecular complexity index is 1250. The molecule has 7 heteroatoms. The molecule has 2 aromatic heterocycles. The number of pyridine rings is 1. The average Bonchev–Trinajstić information content (AvgIpc) is 3.45. The van der Waals surface area contributed by atoms with E-state index in [0.717, 1.165) is 41.7 Å². The minimum atomic E-state index is -0.343. The van der Waals surface area contributed by atoms with Gasteiger partial charge < -0.3 is 14.8 Å². The third-order valence-electron chi connectivity index (χ3n) is 6.04. The normalized spacial score (nSPS) is 16.5. The molecule has 1 saturated heterocycles. The predicted molar refractivity (Wildman–Crippen MR) is 124 cm³/mol. The molecule has 4 aromatic rings. The van der Waals surface area contributed by atoms with Crippen molar-refractivity contribution in [3.8, 4) is 22.5 Å². The number of imidazole rings is 1. The number of rotatable bonds is 4. The molecule has 5 nitrogen and oxygen atoms in total. The number of hydrogen-bond donors (Lipinski definition) is 1. The van der Waals surface area contributed by atoms with Crippen molar-refractivity contribution in [1.82, 2.24) is 19.9 Å². The van der Waals surface area contributed by atoms with Crippen LogP contribution in [0.4, 0.5) is 10.1 Å². The van der Waals surface area contributed by atoms with Gasteiger partial charge >= 0.3 is 0 Å². The number of H-pyrrole nitrogens is 1. The summed E-state index contributed by atoms with van der Waals surface area (Å²) in [5.74, 6) is -0.343. The molecule has 31 heavy (non-hydrogen) atoms. The van der Waals surface area contributed by atoms with Crippen LogP contribution in [0.25, 0.3) is 33.4 Å². The maximum absolute atomic E-state index is 14.5. The topological polar surface area (TPSA) is 48.1 Å². The molecule has 5 rings (SSSR count). The van der Waals surface area contributed by atoms with Crippen LogP contribution in [-0.4, -0.2) is 53.1 Å². The molecule has 2 aromatic carbocycles.